The van der Waals surface area contributed by atoms with Crippen LogP contribution in [-0.4, -0.2) is 53.1 Å². The minimum absolute atomic E-state index is 0.00967. The van der Waals surface area contributed by atoms with E-state index in [0.717, 1.165) is 6.07 Å². The van der Waals surface area contributed by atoms with Gasteiger partial charge in [0.15, 0.2) is 5.69 Å². The van der Waals surface area contributed by atoms with Crippen molar-refractivity contribution in [1.82, 2.24) is 19.9 Å². The number of halogens is 3. The van der Waals surface area contributed by atoms with Crippen molar-refractivity contribution >= 4 is 11.6 Å². The topological polar surface area (TPSA) is 104 Å². The highest BCUT2D eigenvalue weighted by Gasteiger charge is 2.39. The van der Waals surface area contributed by atoms with Crippen LogP contribution >= 0.6 is 0 Å². The van der Waals surface area contributed by atoms with Gasteiger partial charge in [-0.25, -0.2) is 9.97 Å². The van der Waals surface area contributed by atoms with Crippen molar-refractivity contribution in [2.75, 3.05) is 32.2 Å². The Balaban J connectivity index is 1.42. The molecular formula is C21H21F3N6O3. The smallest absolute Gasteiger partial charge is 0.433 e. The fraction of sp³-hybridized carbons (Fsp3) is 0.476. The summed E-state index contributed by atoms with van der Waals surface area (Å²) >= 11 is 0. The first-order valence-corrected chi connectivity index (χ1v) is 10.2. The number of carbonyl (C=O) groups excluding carboxylic acids is 1. The molecule has 0 aliphatic carbocycles. The lowest BCUT2D eigenvalue weighted by Crippen LogP contribution is -2.49. The molecule has 1 amide bonds. The van der Waals surface area contributed by atoms with Crippen molar-refractivity contribution in [3.8, 4) is 17.8 Å². The second-order valence-electron chi connectivity index (χ2n) is 7.95. The molecule has 2 aliphatic heterocycles. The summed E-state index contributed by atoms with van der Waals surface area (Å²) in [6.07, 6.45) is -4.34. The quantitative estimate of drug-likeness (QED) is 0.668. The third kappa shape index (κ3) is 4.22. The van der Waals surface area contributed by atoms with Gasteiger partial charge in [0.25, 0.3) is 0 Å². The van der Waals surface area contributed by atoms with E-state index in [1.807, 2.05) is 13.0 Å². The molecule has 0 spiro atoms. The van der Waals surface area contributed by atoms with Crippen LogP contribution < -0.4 is 14.4 Å². The number of nitrogens with zero attached hydrogens (tertiary/aromatic N) is 6. The van der Waals surface area contributed by atoms with Gasteiger partial charge in [-0.1, -0.05) is 0 Å². The monoisotopic (exact) mass is 462 g/mol. The lowest BCUT2D eigenvalue weighted by molar-refractivity contribution is -0.141. The molecule has 9 nitrogen and oxygen atoms in total. The Labute approximate surface area is 187 Å². The van der Waals surface area contributed by atoms with Crippen LogP contribution in [0.15, 0.2) is 12.1 Å². The number of hydrogen-bond acceptors (Lipinski definition) is 8. The number of nitriles is 1. The van der Waals surface area contributed by atoms with Crippen molar-refractivity contribution in [3.63, 3.8) is 0 Å². The molecule has 2 aromatic heterocycles. The summed E-state index contributed by atoms with van der Waals surface area (Å²) in [6, 6.07) is 4.01. The summed E-state index contributed by atoms with van der Waals surface area (Å²) in [6.45, 7) is 2.96. The Bertz CT molecular complexity index is 1130. The highest BCUT2D eigenvalue weighted by atomic mass is 19.4. The van der Waals surface area contributed by atoms with E-state index in [0.29, 0.717) is 30.0 Å². The maximum atomic E-state index is 13.1. The van der Waals surface area contributed by atoms with Crippen LogP contribution in [0, 0.1) is 17.2 Å². The molecule has 0 N–H and O–H groups in total. The normalized spacial score (nSPS) is 17.9. The Kier molecular flexibility index (Phi) is 5.73. The molecule has 2 aliphatic rings. The van der Waals surface area contributed by atoms with Crippen molar-refractivity contribution in [2.24, 2.45) is 5.92 Å². The number of rotatable bonds is 5. The van der Waals surface area contributed by atoms with Gasteiger partial charge in [0.05, 0.1) is 38.1 Å². The SMILES string of the molecule is COc1cc(N2CC(CC(=O)N3Cc4nc(C#N)nc(OC)c4C3C)C2)cc(C(F)(F)F)n1. The summed E-state index contributed by atoms with van der Waals surface area (Å²) in [7, 11) is 2.71. The van der Waals surface area contributed by atoms with Gasteiger partial charge in [0.1, 0.15) is 6.07 Å². The summed E-state index contributed by atoms with van der Waals surface area (Å²) in [5.41, 5.74) is 0.595. The fourth-order valence-corrected chi connectivity index (χ4v) is 4.20. The van der Waals surface area contributed by atoms with Crippen molar-refractivity contribution < 1.29 is 27.4 Å². The Morgan fingerprint density at radius 1 is 1.21 bits per heavy atom. The number of aromatic nitrogens is 3. The molecule has 0 bridgehead atoms. The number of anilines is 1. The summed E-state index contributed by atoms with van der Waals surface area (Å²) < 4.78 is 49.5. The van der Waals surface area contributed by atoms with Gasteiger partial charge < -0.3 is 19.3 Å². The molecule has 33 heavy (non-hydrogen) atoms. The van der Waals surface area contributed by atoms with Crippen LogP contribution in [0.5, 0.6) is 11.8 Å². The number of ether oxygens (including phenoxy) is 2. The van der Waals surface area contributed by atoms with E-state index >= 15 is 0 Å². The van der Waals surface area contributed by atoms with Crippen LogP contribution in [0.3, 0.4) is 0 Å². The summed E-state index contributed by atoms with van der Waals surface area (Å²) in [5, 5.41) is 9.11. The van der Waals surface area contributed by atoms with Crippen LogP contribution in [0.25, 0.3) is 0 Å². The van der Waals surface area contributed by atoms with E-state index in [9.17, 15) is 18.0 Å². The van der Waals surface area contributed by atoms with Crippen LogP contribution in [0.2, 0.25) is 0 Å². The zero-order valence-corrected chi connectivity index (χ0v) is 18.2. The van der Waals surface area contributed by atoms with Crippen molar-refractivity contribution in [3.05, 3.63) is 34.9 Å². The number of methoxy groups -OCH3 is 2. The minimum atomic E-state index is -4.58. The third-order valence-electron chi connectivity index (χ3n) is 5.88. The van der Waals surface area contributed by atoms with Gasteiger partial charge >= 0.3 is 6.18 Å². The molecule has 0 saturated carbocycles. The van der Waals surface area contributed by atoms with E-state index in [1.54, 1.807) is 9.80 Å². The molecule has 12 heteroatoms. The lowest BCUT2D eigenvalue weighted by atomic mass is 9.94. The first kappa shape index (κ1) is 22.6. The van der Waals surface area contributed by atoms with Gasteiger partial charge in [-0.2, -0.15) is 23.4 Å². The Hall–Kier alpha value is -3.62. The first-order valence-electron chi connectivity index (χ1n) is 10.2. The highest BCUT2D eigenvalue weighted by molar-refractivity contribution is 5.78. The van der Waals surface area contributed by atoms with Crippen LogP contribution in [-0.2, 0) is 17.5 Å². The molecular weight excluding hydrogens is 441 g/mol. The number of pyridine rings is 1. The van der Waals surface area contributed by atoms with E-state index in [2.05, 4.69) is 15.0 Å². The fourth-order valence-electron chi connectivity index (χ4n) is 4.20. The second-order valence-corrected chi connectivity index (χ2v) is 7.95. The summed E-state index contributed by atoms with van der Waals surface area (Å²) in [5.74, 6) is 0.0300. The highest BCUT2D eigenvalue weighted by Crippen LogP contribution is 2.39. The minimum Gasteiger partial charge on any atom is -0.481 e. The van der Waals surface area contributed by atoms with Gasteiger partial charge in [0, 0.05) is 37.2 Å². The lowest BCUT2D eigenvalue weighted by Gasteiger charge is -2.41. The molecule has 2 aromatic rings. The Morgan fingerprint density at radius 2 is 1.94 bits per heavy atom. The standard InChI is InChI=1S/C21H21F3N6O3/c1-11-19-14(26-16(7-25)28-20(19)33-3)10-30(11)18(31)4-12-8-29(9-12)13-5-15(21(22,23)24)27-17(6-13)32-2/h5-6,11-12H,4,8-10H2,1-3H3. The van der Waals surface area contributed by atoms with Crippen LogP contribution in [0.1, 0.15) is 42.2 Å². The molecule has 1 fully saturated rings. The van der Waals surface area contributed by atoms with E-state index in [4.69, 9.17) is 14.7 Å². The molecule has 1 saturated heterocycles. The van der Waals surface area contributed by atoms with E-state index < -0.39 is 11.9 Å². The molecule has 4 rings (SSSR count). The maximum Gasteiger partial charge on any atom is 0.433 e. The average Bonchev–Trinajstić information content (AvgIpc) is 3.10. The first-order chi connectivity index (χ1) is 15.6. The number of fused-ring (bicyclic) bond motifs is 1. The van der Waals surface area contributed by atoms with Gasteiger partial charge in [-0.15, -0.1) is 0 Å². The van der Waals surface area contributed by atoms with Gasteiger partial charge in [0.2, 0.25) is 23.5 Å². The number of amides is 1. The molecule has 0 aromatic carbocycles. The number of carbonyl (C=O) groups is 1. The zero-order chi connectivity index (χ0) is 23.9. The van der Waals surface area contributed by atoms with E-state index in [1.165, 1.54) is 20.3 Å². The molecule has 1 unspecified atom stereocenters. The second kappa shape index (κ2) is 8.38. The maximum absolute atomic E-state index is 13.1. The van der Waals surface area contributed by atoms with E-state index in [-0.39, 0.29) is 48.4 Å². The predicted octanol–water partition coefficient (Wildman–Crippen LogP) is 2.71. The average molecular weight is 462 g/mol. The Morgan fingerprint density at radius 3 is 2.55 bits per heavy atom. The summed E-state index contributed by atoms with van der Waals surface area (Å²) in [4.78, 5) is 28.1. The molecule has 1 atom stereocenters. The van der Waals surface area contributed by atoms with Crippen LogP contribution in [0.4, 0.5) is 18.9 Å². The van der Waals surface area contributed by atoms with Gasteiger partial charge in [-0.05, 0) is 13.0 Å². The van der Waals surface area contributed by atoms with Crippen molar-refractivity contribution in [2.45, 2.75) is 32.1 Å². The predicted molar refractivity (Wildman–Crippen MR) is 108 cm³/mol. The largest absolute Gasteiger partial charge is 0.481 e. The van der Waals surface area contributed by atoms with Crippen molar-refractivity contribution in [1.29, 1.82) is 5.26 Å². The number of alkyl halides is 3. The molecule has 0 radical (unpaired) electrons. The molecule has 4 heterocycles. The van der Waals surface area contributed by atoms with Gasteiger partial charge in [-0.3, -0.25) is 4.79 Å². The molecule has 174 valence electrons. The third-order valence-corrected chi connectivity index (χ3v) is 5.88. The zero-order valence-electron chi connectivity index (χ0n) is 18.2. The number of hydrogen-bond donors (Lipinski definition) is 0.